The standard InChI is InChI=1S/C14H18FNO2/c1-9-5-4-6-11(12(9)15)13(17)16-14(3)7-8-18-10(14)2/h4-6,10H,7-8H2,1-3H3,(H,16,17). The Bertz CT molecular complexity index is 475. The summed E-state index contributed by atoms with van der Waals surface area (Å²) in [6, 6.07) is 4.83. The molecule has 1 aromatic rings. The Labute approximate surface area is 106 Å². The Morgan fingerprint density at radius 3 is 2.89 bits per heavy atom. The molecule has 0 bridgehead atoms. The largest absolute Gasteiger partial charge is 0.376 e. The molecule has 1 fully saturated rings. The van der Waals surface area contributed by atoms with Gasteiger partial charge in [-0.25, -0.2) is 4.39 Å². The number of rotatable bonds is 2. The van der Waals surface area contributed by atoms with E-state index in [1.165, 1.54) is 6.07 Å². The molecule has 0 aromatic heterocycles. The van der Waals surface area contributed by atoms with Crippen LogP contribution in [0.4, 0.5) is 4.39 Å². The number of benzene rings is 1. The molecule has 1 aliphatic rings. The molecule has 1 saturated heterocycles. The molecule has 4 heteroatoms. The third-order valence-corrected chi connectivity index (χ3v) is 3.72. The number of nitrogens with one attached hydrogen (secondary N) is 1. The lowest BCUT2D eigenvalue weighted by Crippen LogP contribution is -2.50. The fraction of sp³-hybridized carbons (Fsp3) is 0.500. The summed E-state index contributed by atoms with van der Waals surface area (Å²) >= 11 is 0. The number of amides is 1. The summed E-state index contributed by atoms with van der Waals surface area (Å²) in [5.74, 6) is -0.832. The number of ether oxygens (including phenoxy) is 1. The Morgan fingerprint density at radius 1 is 1.56 bits per heavy atom. The summed E-state index contributed by atoms with van der Waals surface area (Å²) in [5, 5.41) is 2.89. The molecule has 98 valence electrons. The molecule has 0 spiro atoms. The first kappa shape index (κ1) is 13.0. The van der Waals surface area contributed by atoms with Crippen molar-refractivity contribution >= 4 is 5.91 Å². The van der Waals surface area contributed by atoms with Crippen LogP contribution in [0, 0.1) is 12.7 Å². The van der Waals surface area contributed by atoms with E-state index in [0.29, 0.717) is 12.2 Å². The van der Waals surface area contributed by atoms with Gasteiger partial charge in [-0.05, 0) is 38.8 Å². The van der Waals surface area contributed by atoms with E-state index in [1.807, 2.05) is 13.8 Å². The molecule has 2 unspecified atom stereocenters. The lowest BCUT2D eigenvalue weighted by molar-refractivity contribution is 0.0724. The summed E-state index contributed by atoms with van der Waals surface area (Å²) < 4.78 is 19.3. The molecule has 0 saturated carbocycles. The average molecular weight is 251 g/mol. The lowest BCUT2D eigenvalue weighted by Gasteiger charge is -2.29. The van der Waals surface area contributed by atoms with Crippen LogP contribution in [0.25, 0.3) is 0 Å². The van der Waals surface area contributed by atoms with Crippen molar-refractivity contribution < 1.29 is 13.9 Å². The zero-order chi connectivity index (χ0) is 13.3. The molecular weight excluding hydrogens is 233 g/mol. The highest BCUT2D eigenvalue weighted by molar-refractivity contribution is 5.95. The van der Waals surface area contributed by atoms with E-state index in [2.05, 4.69) is 5.32 Å². The second kappa shape index (κ2) is 4.69. The van der Waals surface area contributed by atoms with Gasteiger partial charge in [-0.15, -0.1) is 0 Å². The summed E-state index contributed by atoms with van der Waals surface area (Å²) in [6.07, 6.45) is 0.683. The maximum Gasteiger partial charge on any atom is 0.254 e. The van der Waals surface area contributed by atoms with Crippen molar-refractivity contribution in [2.75, 3.05) is 6.61 Å². The van der Waals surface area contributed by atoms with Crippen molar-refractivity contribution in [1.82, 2.24) is 5.32 Å². The molecule has 0 aliphatic carbocycles. The van der Waals surface area contributed by atoms with Crippen LogP contribution in [-0.4, -0.2) is 24.2 Å². The van der Waals surface area contributed by atoms with Gasteiger partial charge in [-0.3, -0.25) is 4.79 Å². The summed E-state index contributed by atoms with van der Waals surface area (Å²) in [6.45, 7) is 6.11. The van der Waals surface area contributed by atoms with Crippen LogP contribution in [0.5, 0.6) is 0 Å². The first-order valence-corrected chi connectivity index (χ1v) is 6.13. The molecule has 1 N–H and O–H groups in total. The van der Waals surface area contributed by atoms with Gasteiger partial charge in [0.2, 0.25) is 0 Å². The third kappa shape index (κ3) is 2.25. The molecule has 2 rings (SSSR count). The normalized spacial score (nSPS) is 27.2. The van der Waals surface area contributed by atoms with E-state index in [9.17, 15) is 9.18 Å². The summed E-state index contributed by atoms with van der Waals surface area (Å²) in [7, 11) is 0. The van der Waals surface area contributed by atoms with Gasteiger partial charge in [-0.2, -0.15) is 0 Å². The van der Waals surface area contributed by atoms with E-state index in [0.717, 1.165) is 6.42 Å². The maximum atomic E-state index is 13.9. The van der Waals surface area contributed by atoms with Crippen LogP contribution in [0.3, 0.4) is 0 Å². The van der Waals surface area contributed by atoms with Gasteiger partial charge in [0.05, 0.1) is 17.2 Å². The van der Waals surface area contributed by atoms with E-state index in [4.69, 9.17) is 4.74 Å². The van der Waals surface area contributed by atoms with E-state index < -0.39 is 11.4 Å². The second-order valence-electron chi connectivity index (χ2n) is 5.07. The maximum absolute atomic E-state index is 13.9. The number of carbonyl (C=O) groups is 1. The molecule has 1 aliphatic heterocycles. The summed E-state index contributed by atoms with van der Waals surface area (Å²) in [4.78, 5) is 12.1. The summed E-state index contributed by atoms with van der Waals surface area (Å²) in [5.41, 5.74) is 0.145. The Balaban J connectivity index is 2.20. The van der Waals surface area contributed by atoms with E-state index in [-0.39, 0.29) is 17.6 Å². The number of hydrogen-bond acceptors (Lipinski definition) is 2. The Hall–Kier alpha value is -1.42. The van der Waals surface area contributed by atoms with Crippen LogP contribution in [0.15, 0.2) is 18.2 Å². The third-order valence-electron chi connectivity index (χ3n) is 3.72. The highest BCUT2D eigenvalue weighted by Gasteiger charge is 2.38. The van der Waals surface area contributed by atoms with Gasteiger partial charge in [0.25, 0.3) is 5.91 Å². The Kier molecular flexibility index (Phi) is 3.39. The van der Waals surface area contributed by atoms with Crippen molar-refractivity contribution in [3.8, 4) is 0 Å². The van der Waals surface area contributed by atoms with E-state index in [1.54, 1.807) is 19.1 Å². The predicted molar refractivity (Wildman–Crippen MR) is 67.0 cm³/mol. The molecule has 2 atom stereocenters. The molecule has 1 heterocycles. The average Bonchev–Trinajstić information content (AvgIpc) is 2.62. The topological polar surface area (TPSA) is 38.3 Å². The van der Waals surface area contributed by atoms with Crippen molar-refractivity contribution in [2.24, 2.45) is 0 Å². The van der Waals surface area contributed by atoms with Gasteiger partial charge >= 0.3 is 0 Å². The van der Waals surface area contributed by atoms with Crippen molar-refractivity contribution in [3.05, 3.63) is 35.1 Å². The van der Waals surface area contributed by atoms with Crippen LogP contribution in [0.1, 0.15) is 36.2 Å². The smallest absolute Gasteiger partial charge is 0.254 e. The van der Waals surface area contributed by atoms with Gasteiger partial charge in [0.15, 0.2) is 0 Å². The molecule has 3 nitrogen and oxygen atoms in total. The molecular formula is C14H18FNO2. The minimum absolute atomic E-state index is 0.0608. The molecule has 18 heavy (non-hydrogen) atoms. The fourth-order valence-electron chi connectivity index (χ4n) is 2.15. The van der Waals surface area contributed by atoms with Crippen molar-refractivity contribution in [1.29, 1.82) is 0 Å². The van der Waals surface area contributed by atoms with Gasteiger partial charge in [-0.1, -0.05) is 12.1 Å². The highest BCUT2D eigenvalue weighted by Crippen LogP contribution is 2.25. The SMILES string of the molecule is Cc1cccc(C(=O)NC2(C)CCOC2C)c1F. The number of halogens is 1. The van der Waals surface area contributed by atoms with Gasteiger partial charge in [0, 0.05) is 6.61 Å². The quantitative estimate of drug-likeness (QED) is 0.876. The number of aryl methyl sites for hydroxylation is 1. The van der Waals surface area contributed by atoms with Crippen LogP contribution in [-0.2, 0) is 4.74 Å². The monoisotopic (exact) mass is 251 g/mol. The Morgan fingerprint density at radius 2 is 2.28 bits per heavy atom. The lowest BCUT2D eigenvalue weighted by atomic mass is 9.94. The van der Waals surface area contributed by atoms with Crippen LogP contribution in [0.2, 0.25) is 0 Å². The van der Waals surface area contributed by atoms with Gasteiger partial charge < -0.3 is 10.1 Å². The van der Waals surface area contributed by atoms with Crippen LogP contribution < -0.4 is 5.32 Å². The number of hydrogen-bond donors (Lipinski definition) is 1. The first-order chi connectivity index (χ1) is 8.44. The molecule has 1 amide bonds. The fourth-order valence-corrected chi connectivity index (χ4v) is 2.15. The van der Waals surface area contributed by atoms with E-state index >= 15 is 0 Å². The molecule has 0 radical (unpaired) electrons. The number of carbonyl (C=O) groups excluding carboxylic acids is 1. The van der Waals surface area contributed by atoms with Gasteiger partial charge in [0.1, 0.15) is 5.82 Å². The zero-order valence-electron chi connectivity index (χ0n) is 10.9. The van der Waals surface area contributed by atoms with Crippen molar-refractivity contribution in [2.45, 2.75) is 38.8 Å². The van der Waals surface area contributed by atoms with Crippen molar-refractivity contribution in [3.63, 3.8) is 0 Å². The van der Waals surface area contributed by atoms with Crippen LogP contribution >= 0.6 is 0 Å². The second-order valence-corrected chi connectivity index (χ2v) is 5.07. The first-order valence-electron chi connectivity index (χ1n) is 6.13. The molecule has 1 aromatic carbocycles. The minimum Gasteiger partial charge on any atom is -0.376 e. The predicted octanol–water partition coefficient (Wildman–Crippen LogP) is 2.43. The highest BCUT2D eigenvalue weighted by atomic mass is 19.1. The zero-order valence-corrected chi connectivity index (χ0v) is 10.9. The minimum atomic E-state index is -0.454.